The van der Waals surface area contributed by atoms with E-state index in [1.165, 1.54) is 12.0 Å². The van der Waals surface area contributed by atoms with Crippen LogP contribution in [0.5, 0.6) is 0 Å². The molecule has 5 heteroatoms. The average Bonchev–Trinajstić information content (AvgIpc) is 2.67. The molecule has 0 radical (unpaired) electrons. The molecule has 0 spiro atoms. The molecule has 0 aliphatic carbocycles. The Hall–Kier alpha value is -0.350. The first-order valence-electron chi connectivity index (χ1n) is 4.89. The van der Waals surface area contributed by atoms with Gasteiger partial charge < -0.3 is 10.6 Å². The van der Waals surface area contributed by atoms with Crippen molar-refractivity contribution in [2.45, 2.75) is 19.0 Å². The Morgan fingerprint density at radius 1 is 1.60 bits per heavy atom. The Morgan fingerprint density at radius 3 is 3.13 bits per heavy atom. The van der Waals surface area contributed by atoms with Crippen molar-refractivity contribution in [3.05, 3.63) is 29.0 Å². The van der Waals surface area contributed by atoms with Crippen LogP contribution in [0.25, 0.3) is 0 Å². The molecule has 1 aromatic rings. The molecule has 15 heavy (non-hydrogen) atoms. The van der Waals surface area contributed by atoms with Gasteiger partial charge in [0.05, 0.1) is 0 Å². The molecule has 1 aromatic heterocycles. The van der Waals surface area contributed by atoms with E-state index in [4.69, 9.17) is 11.6 Å². The molecule has 1 aliphatic heterocycles. The van der Waals surface area contributed by atoms with Crippen molar-refractivity contribution < 1.29 is 0 Å². The second kappa shape index (κ2) is 6.28. The molecule has 3 nitrogen and oxygen atoms in total. The molecule has 0 saturated carbocycles. The van der Waals surface area contributed by atoms with Crippen molar-refractivity contribution in [1.82, 2.24) is 15.6 Å². The molecule has 84 valence electrons. The third-order valence-electron chi connectivity index (χ3n) is 2.45. The van der Waals surface area contributed by atoms with Gasteiger partial charge in [-0.05, 0) is 30.7 Å². The molecule has 1 fully saturated rings. The van der Waals surface area contributed by atoms with E-state index < -0.39 is 0 Å². The van der Waals surface area contributed by atoms with Crippen LogP contribution in [0.4, 0.5) is 0 Å². The summed E-state index contributed by atoms with van der Waals surface area (Å²) in [6, 6.07) is 4.49. The molecular weight excluding hydrogens is 233 g/mol. The molecule has 2 rings (SSSR count). The van der Waals surface area contributed by atoms with Gasteiger partial charge in [-0.25, -0.2) is 4.98 Å². The Balaban J connectivity index is 0.00000112. The van der Waals surface area contributed by atoms with Crippen molar-refractivity contribution >= 4 is 24.0 Å². The summed E-state index contributed by atoms with van der Waals surface area (Å²) in [5, 5.41) is 7.36. The maximum atomic E-state index is 5.79. The zero-order chi connectivity index (χ0) is 9.80. The third kappa shape index (κ3) is 3.95. The fourth-order valence-corrected chi connectivity index (χ4v) is 1.84. The van der Waals surface area contributed by atoms with Crippen molar-refractivity contribution in [3.63, 3.8) is 0 Å². The number of hydrogen-bond donors (Lipinski definition) is 2. The van der Waals surface area contributed by atoms with Gasteiger partial charge >= 0.3 is 0 Å². The summed E-state index contributed by atoms with van der Waals surface area (Å²) < 4.78 is 0. The van der Waals surface area contributed by atoms with Crippen LogP contribution in [0.1, 0.15) is 12.0 Å². The summed E-state index contributed by atoms with van der Waals surface area (Å²) >= 11 is 5.79. The highest BCUT2D eigenvalue weighted by Gasteiger charge is 2.12. The predicted octanol–water partition coefficient (Wildman–Crippen LogP) is 1.61. The van der Waals surface area contributed by atoms with Gasteiger partial charge in [-0.2, -0.15) is 0 Å². The number of rotatable bonds is 3. The van der Waals surface area contributed by atoms with Crippen molar-refractivity contribution in [2.24, 2.45) is 0 Å². The zero-order valence-electron chi connectivity index (χ0n) is 8.37. The predicted molar refractivity (Wildman–Crippen MR) is 64.6 cm³/mol. The molecule has 1 unspecified atom stereocenters. The van der Waals surface area contributed by atoms with Gasteiger partial charge in [0.2, 0.25) is 0 Å². The van der Waals surface area contributed by atoms with Gasteiger partial charge in [-0.15, -0.1) is 12.4 Å². The van der Waals surface area contributed by atoms with Crippen LogP contribution >= 0.6 is 24.0 Å². The SMILES string of the molecule is Cl.Clc1cc(CNC2CCNC2)ccn1. The van der Waals surface area contributed by atoms with Crippen LogP contribution in [-0.2, 0) is 6.54 Å². The summed E-state index contributed by atoms with van der Waals surface area (Å²) in [5.74, 6) is 0. The smallest absolute Gasteiger partial charge is 0.129 e. The summed E-state index contributed by atoms with van der Waals surface area (Å²) in [6.45, 7) is 3.06. The molecule has 0 amide bonds. The van der Waals surface area contributed by atoms with E-state index in [1.54, 1.807) is 6.20 Å². The monoisotopic (exact) mass is 247 g/mol. The number of pyridine rings is 1. The normalized spacial score (nSPS) is 19.9. The molecule has 1 atom stereocenters. The first kappa shape index (κ1) is 12.7. The zero-order valence-corrected chi connectivity index (χ0v) is 9.94. The van der Waals surface area contributed by atoms with Crippen molar-refractivity contribution in [2.75, 3.05) is 13.1 Å². The quantitative estimate of drug-likeness (QED) is 0.798. The lowest BCUT2D eigenvalue weighted by molar-refractivity contribution is 0.547. The minimum absolute atomic E-state index is 0. The van der Waals surface area contributed by atoms with Crippen LogP contribution in [-0.4, -0.2) is 24.1 Å². The highest BCUT2D eigenvalue weighted by molar-refractivity contribution is 6.29. The minimum atomic E-state index is 0. The molecule has 2 heterocycles. The standard InChI is InChI=1S/C10H14ClN3.ClH/c11-10-5-8(1-4-13-10)6-14-9-2-3-12-7-9;/h1,4-5,9,12,14H,2-3,6-7H2;1H. The van der Waals surface area contributed by atoms with Gasteiger partial charge in [0, 0.05) is 25.3 Å². The Kier molecular flexibility index (Phi) is 5.32. The Bertz CT molecular complexity index is 300. The maximum Gasteiger partial charge on any atom is 0.129 e. The van der Waals surface area contributed by atoms with E-state index in [0.717, 1.165) is 19.6 Å². The molecule has 0 bridgehead atoms. The van der Waals surface area contributed by atoms with Crippen molar-refractivity contribution in [3.8, 4) is 0 Å². The number of nitrogens with zero attached hydrogens (tertiary/aromatic N) is 1. The number of nitrogens with one attached hydrogen (secondary N) is 2. The topological polar surface area (TPSA) is 37.0 Å². The summed E-state index contributed by atoms with van der Waals surface area (Å²) in [4.78, 5) is 3.94. The van der Waals surface area contributed by atoms with Crippen LogP contribution in [0.15, 0.2) is 18.3 Å². The fourth-order valence-electron chi connectivity index (χ4n) is 1.64. The molecule has 1 saturated heterocycles. The van der Waals surface area contributed by atoms with Crippen molar-refractivity contribution in [1.29, 1.82) is 0 Å². The lowest BCUT2D eigenvalue weighted by Crippen LogP contribution is -2.30. The summed E-state index contributed by atoms with van der Waals surface area (Å²) in [6.07, 6.45) is 2.95. The fraction of sp³-hybridized carbons (Fsp3) is 0.500. The lowest BCUT2D eigenvalue weighted by atomic mass is 10.2. The van der Waals surface area contributed by atoms with E-state index in [0.29, 0.717) is 11.2 Å². The van der Waals surface area contributed by atoms with E-state index in [2.05, 4.69) is 15.6 Å². The van der Waals surface area contributed by atoms with Gasteiger partial charge in [0.25, 0.3) is 0 Å². The lowest BCUT2D eigenvalue weighted by Gasteiger charge is -2.10. The first-order chi connectivity index (χ1) is 6.84. The van der Waals surface area contributed by atoms with Gasteiger partial charge in [-0.1, -0.05) is 11.6 Å². The third-order valence-corrected chi connectivity index (χ3v) is 2.65. The second-order valence-electron chi connectivity index (χ2n) is 3.56. The Morgan fingerprint density at radius 2 is 2.47 bits per heavy atom. The van der Waals surface area contributed by atoms with Crippen LogP contribution < -0.4 is 10.6 Å². The highest BCUT2D eigenvalue weighted by Crippen LogP contribution is 2.07. The van der Waals surface area contributed by atoms with Crippen LogP contribution in [0.2, 0.25) is 5.15 Å². The number of aromatic nitrogens is 1. The average molecular weight is 248 g/mol. The van der Waals surface area contributed by atoms with E-state index in [9.17, 15) is 0 Å². The van der Waals surface area contributed by atoms with Gasteiger partial charge in [0.1, 0.15) is 5.15 Å². The molecule has 2 N–H and O–H groups in total. The maximum absolute atomic E-state index is 5.79. The number of hydrogen-bond acceptors (Lipinski definition) is 3. The highest BCUT2D eigenvalue weighted by atomic mass is 35.5. The van der Waals surface area contributed by atoms with Crippen LogP contribution in [0, 0.1) is 0 Å². The van der Waals surface area contributed by atoms with Crippen LogP contribution in [0.3, 0.4) is 0 Å². The first-order valence-corrected chi connectivity index (χ1v) is 5.27. The summed E-state index contributed by atoms with van der Waals surface area (Å²) in [7, 11) is 0. The summed E-state index contributed by atoms with van der Waals surface area (Å²) in [5.41, 5.74) is 1.19. The van der Waals surface area contributed by atoms with E-state index in [-0.39, 0.29) is 12.4 Å². The molecule has 0 aromatic carbocycles. The van der Waals surface area contributed by atoms with E-state index >= 15 is 0 Å². The molecular formula is C10H15Cl2N3. The van der Waals surface area contributed by atoms with Gasteiger partial charge in [-0.3, -0.25) is 0 Å². The number of halogens is 2. The van der Waals surface area contributed by atoms with Gasteiger partial charge in [0.15, 0.2) is 0 Å². The minimum Gasteiger partial charge on any atom is -0.315 e. The van der Waals surface area contributed by atoms with E-state index in [1.807, 2.05) is 12.1 Å². The molecule has 1 aliphatic rings. The second-order valence-corrected chi connectivity index (χ2v) is 3.94. The Labute approximate surface area is 101 Å². The largest absolute Gasteiger partial charge is 0.315 e.